The van der Waals surface area contributed by atoms with Crippen molar-refractivity contribution < 1.29 is 0 Å². The van der Waals surface area contributed by atoms with Gasteiger partial charge in [-0.2, -0.15) is 0 Å². The van der Waals surface area contributed by atoms with Gasteiger partial charge in [0.2, 0.25) is 0 Å². The third-order valence-corrected chi connectivity index (χ3v) is 14.6. The van der Waals surface area contributed by atoms with E-state index in [9.17, 15) is 0 Å². The summed E-state index contributed by atoms with van der Waals surface area (Å²) in [4.78, 5) is 2.54. The van der Waals surface area contributed by atoms with Crippen LogP contribution in [0, 0.1) is 0 Å². The number of hydrogen-bond acceptors (Lipinski definition) is 1. The summed E-state index contributed by atoms with van der Waals surface area (Å²) in [5.41, 5.74) is 22.1. The van der Waals surface area contributed by atoms with Gasteiger partial charge in [0.05, 0.1) is 5.69 Å². The van der Waals surface area contributed by atoms with Crippen molar-refractivity contribution in [3.8, 4) is 44.5 Å². The van der Waals surface area contributed by atoms with Gasteiger partial charge in [-0.05, 0) is 130 Å². The van der Waals surface area contributed by atoms with Crippen LogP contribution in [-0.2, 0) is 16.2 Å². The Hall–Kier alpha value is -6.70. The number of nitrogens with zero attached hydrogens (tertiary/aromatic N) is 1. The van der Waals surface area contributed by atoms with Crippen molar-refractivity contribution in [1.29, 1.82) is 0 Å². The molecule has 0 unspecified atom stereocenters. The molecule has 0 N–H and O–H groups in total. The molecule has 0 aromatic heterocycles. The standard InChI is InChI=1S/C59H47N/c1-57(2)49-24-14-11-20-42(49)44-29-27-37(34-52(44)57)60(38-28-30-45-43-21-12-15-25-50(43)58(3,4)53(45)35-38)54-32-31-41(40-19-9-10-22-46(40)54)48-33-36-17-7-8-18-39(36)56-55(48)47-23-13-16-26-51(47)59(56,5)6/h7-35H,1-6H3. The lowest BCUT2D eigenvalue weighted by molar-refractivity contribution is 0.660. The fourth-order valence-corrected chi connectivity index (χ4v) is 11.7. The zero-order valence-corrected chi connectivity index (χ0v) is 35.2. The topological polar surface area (TPSA) is 3.24 Å². The van der Waals surface area contributed by atoms with Gasteiger partial charge >= 0.3 is 0 Å². The summed E-state index contributed by atoms with van der Waals surface area (Å²) in [6.45, 7) is 14.3. The molecule has 0 spiro atoms. The van der Waals surface area contributed by atoms with Gasteiger partial charge in [-0.15, -0.1) is 0 Å². The van der Waals surface area contributed by atoms with E-state index in [0.717, 1.165) is 0 Å². The lowest BCUT2D eigenvalue weighted by Gasteiger charge is -2.31. The second kappa shape index (κ2) is 12.2. The molecule has 0 radical (unpaired) electrons. The van der Waals surface area contributed by atoms with Crippen molar-refractivity contribution in [3.63, 3.8) is 0 Å². The van der Waals surface area contributed by atoms with Gasteiger partial charge in [0.25, 0.3) is 0 Å². The second-order valence-corrected chi connectivity index (χ2v) is 18.9. The molecule has 0 amide bonds. The van der Waals surface area contributed by atoms with Gasteiger partial charge in [0.1, 0.15) is 0 Å². The van der Waals surface area contributed by atoms with Crippen molar-refractivity contribution >= 4 is 38.6 Å². The molecule has 3 aliphatic rings. The van der Waals surface area contributed by atoms with E-state index in [1.54, 1.807) is 0 Å². The van der Waals surface area contributed by atoms with Crippen LogP contribution in [0.3, 0.4) is 0 Å². The summed E-state index contributed by atoms with van der Waals surface area (Å²) in [5, 5.41) is 5.11. The molecule has 0 saturated carbocycles. The maximum Gasteiger partial charge on any atom is 0.0540 e. The van der Waals surface area contributed by atoms with Crippen molar-refractivity contribution in [2.75, 3.05) is 4.90 Å². The van der Waals surface area contributed by atoms with E-state index in [2.05, 4.69) is 222 Å². The molecule has 9 aromatic rings. The third-order valence-electron chi connectivity index (χ3n) is 14.6. The number of fused-ring (bicyclic) bond motifs is 12. The molecule has 1 nitrogen and oxygen atoms in total. The Kier molecular flexibility index (Phi) is 7.16. The summed E-state index contributed by atoms with van der Waals surface area (Å²) in [5.74, 6) is 0. The van der Waals surface area contributed by atoms with E-state index in [0.29, 0.717) is 0 Å². The molecule has 3 aliphatic carbocycles. The zero-order valence-electron chi connectivity index (χ0n) is 35.2. The van der Waals surface area contributed by atoms with E-state index in [1.165, 1.54) is 116 Å². The van der Waals surface area contributed by atoms with E-state index < -0.39 is 0 Å². The van der Waals surface area contributed by atoms with Crippen LogP contribution in [0.1, 0.15) is 74.9 Å². The van der Waals surface area contributed by atoms with Gasteiger partial charge in [-0.3, -0.25) is 0 Å². The summed E-state index contributed by atoms with van der Waals surface area (Å²) in [6.07, 6.45) is 0. The van der Waals surface area contributed by atoms with Crippen molar-refractivity contribution in [2.45, 2.75) is 57.8 Å². The van der Waals surface area contributed by atoms with Gasteiger partial charge in [0.15, 0.2) is 0 Å². The number of benzene rings is 9. The first-order chi connectivity index (χ1) is 29.0. The lowest BCUT2D eigenvalue weighted by Crippen LogP contribution is -2.18. The maximum atomic E-state index is 2.54. The Labute approximate surface area is 353 Å². The smallest absolute Gasteiger partial charge is 0.0540 e. The Balaban J connectivity index is 1.12. The van der Waals surface area contributed by atoms with Crippen LogP contribution in [0.5, 0.6) is 0 Å². The highest BCUT2D eigenvalue weighted by molar-refractivity contribution is 6.12. The second-order valence-electron chi connectivity index (χ2n) is 18.9. The molecule has 0 fully saturated rings. The first-order valence-electron chi connectivity index (χ1n) is 21.5. The van der Waals surface area contributed by atoms with Gasteiger partial charge in [-0.1, -0.05) is 181 Å². The van der Waals surface area contributed by atoms with Crippen LogP contribution in [0.2, 0.25) is 0 Å². The van der Waals surface area contributed by atoms with Gasteiger partial charge in [0, 0.05) is 33.0 Å². The quantitative estimate of drug-likeness (QED) is 0.172. The highest BCUT2D eigenvalue weighted by Gasteiger charge is 2.40. The molecule has 0 saturated heterocycles. The normalized spacial score (nSPS) is 15.6. The minimum atomic E-state index is -0.129. The van der Waals surface area contributed by atoms with E-state index in [1.807, 2.05) is 0 Å². The van der Waals surface area contributed by atoms with Crippen molar-refractivity contribution in [2.24, 2.45) is 0 Å². The predicted octanol–water partition coefficient (Wildman–Crippen LogP) is 16.0. The Morgan fingerprint density at radius 1 is 0.317 bits per heavy atom. The number of hydrogen-bond donors (Lipinski definition) is 0. The summed E-state index contributed by atoms with van der Waals surface area (Å²) in [6, 6.07) is 66.7. The average molecular weight is 770 g/mol. The Bertz CT molecular complexity index is 3190. The maximum absolute atomic E-state index is 2.54. The molecule has 0 aliphatic heterocycles. The van der Waals surface area contributed by atoms with E-state index >= 15 is 0 Å². The molecule has 0 bridgehead atoms. The molecular formula is C59H47N. The minimum Gasteiger partial charge on any atom is -0.310 e. The van der Waals surface area contributed by atoms with Crippen LogP contribution in [0.25, 0.3) is 66.1 Å². The van der Waals surface area contributed by atoms with Crippen LogP contribution in [0.15, 0.2) is 176 Å². The summed E-state index contributed by atoms with van der Waals surface area (Å²) >= 11 is 0. The molecule has 1 heteroatoms. The first-order valence-corrected chi connectivity index (χ1v) is 21.5. The fourth-order valence-electron chi connectivity index (χ4n) is 11.7. The van der Waals surface area contributed by atoms with Crippen molar-refractivity contribution in [1.82, 2.24) is 0 Å². The molecule has 12 rings (SSSR count). The molecular weight excluding hydrogens is 723 g/mol. The molecule has 288 valence electrons. The van der Waals surface area contributed by atoms with E-state index in [4.69, 9.17) is 0 Å². The Morgan fingerprint density at radius 3 is 1.37 bits per heavy atom. The number of anilines is 3. The van der Waals surface area contributed by atoms with Crippen LogP contribution in [0.4, 0.5) is 17.1 Å². The molecule has 9 aromatic carbocycles. The van der Waals surface area contributed by atoms with Gasteiger partial charge < -0.3 is 4.90 Å². The van der Waals surface area contributed by atoms with Crippen molar-refractivity contribution in [3.05, 3.63) is 209 Å². The summed E-state index contributed by atoms with van der Waals surface area (Å²) in [7, 11) is 0. The lowest BCUT2D eigenvalue weighted by atomic mass is 9.79. The highest BCUT2D eigenvalue weighted by atomic mass is 15.1. The monoisotopic (exact) mass is 769 g/mol. The predicted molar refractivity (Wildman–Crippen MR) is 254 cm³/mol. The van der Waals surface area contributed by atoms with Crippen LogP contribution >= 0.6 is 0 Å². The zero-order chi connectivity index (χ0) is 40.7. The van der Waals surface area contributed by atoms with E-state index in [-0.39, 0.29) is 16.2 Å². The van der Waals surface area contributed by atoms with Crippen LogP contribution < -0.4 is 4.90 Å². The fraction of sp³-hybridized carbons (Fsp3) is 0.153. The number of rotatable bonds is 4. The van der Waals surface area contributed by atoms with Gasteiger partial charge in [-0.25, -0.2) is 0 Å². The highest BCUT2D eigenvalue weighted by Crippen LogP contribution is 2.57. The summed E-state index contributed by atoms with van der Waals surface area (Å²) < 4.78 is 0. The average Bonchev–Trinajstić information content (AvgIpc) is 3.76. The molecule has 0 atom stereocenters. The van der Waals surface area contributed by atoms with Crippen LogP contribution in [-0.4, -0.2) is 0 Å². The first kappa shape index (κ1) is 35.3. The molecule has 0 heterocycles. The largest absolute Gasteiger partial charge is 0.310 e. The Morgan fingerprint density at radius 2 is 0.767 bits per heavy atom. The minimum absolute atomic E-state index is 0.123. The SMILES string of the molecule is CC1(C)c2ccccc2-c2ccc(N(c3ccc4c(c3)C(C)(C)c3ccccc3-4)c3ccc(-c4cc5ccccc5c5c4-c4ccccc4C5(C)C)c4ccccc34)cc21. The third kappa shape index (κ3) is 4.64. The molecule has 60 heavy (non-hydrogen) atoms.